The third-order valence-corrected chi connectivity index (χ3v) is 9.20. The topological polar surface area (TPSA) is 186 Å². The lowest BCUT2D eigenvalue weighted by Crippen LogP contribution is -2.74. The summed E-state index contributed by atoms with van der Waals surface area (Å²) in [4.78, 5) is 48.6. The lowest BCUT2D eigenvalue weighted by molar-refractivity contribution is -0.157. The largest absolute Gasteiger partial charge is 0.481 e. The number of carbonyl (C=O) groups excluding carboxylic acids is 2. The molecule has 0 aliphatic carbocycles. The Morgan fingerprint density at radius 3 is 2.91 bits per heavy atom. The summed E-state index contributed by atoms with van der Waals surface area (Å²) in [7, 11) is 0. The second-order valence-corrected chi connectivity index (χ2v) is 11.7. The highest BCUT2D eigenvalue weighted by Crippen LogP contribution is 2.44. The molecule has 182 valence electrons. The normalized spacial score (nSPS) is 24.5. The Kier molecular flexibility index (Phi) is 7.25. The van der Waals surface area contributed by atoms with E-state index in [4.69, 9.17) is 10.6 Å². The summed E-state index contributed by atoms with van der Waals surface area (Å²) >= 11 is 4.85. The number of carboxylic acid groups (broad SMARTS) is 1. The van der Waals surface area contributed by atoms with Gasteiger partial charge in [-0.05, 0) is 13.8 Å². The zero-order chi connectivity index (χ0) is 24.5. The number of carbonyl (C=O) groups is 3. The van der Waals surface area contributed by atoms with Crippen LogP contribution in [-0.2, 0) is 19.2 Å². The maximum Gasteiger partial charge on any atom is 0.313 e. The summed E-state index contributed by atoms with van der Waals surface area (Å²) in [5.74, 6) is -1.51. The van der Waals surface area contributed by atoms with Crippen molar-refractivity contribution in [2.24, 2.45) is 10.6 Å². The van der Waals surface area contributed by atoms with Gasteiger partial charge in [0, 0.05) is 29.6 Å². The van der Waals surface area contributed by atoms with E-state index in [1.54, 1.807) is 19.4 Å². The second-order valence-electron chi connectivity index (χ2n) is 7.75. The molecule has 2 aromatic rings. The molecule has 2 unspecified atom stereocenters. The first kappa shape index (κ1) is 24.6. The molecule has 3 atom stereocenters. The van der Waals surface area contributed by atoms with Crippen LogP contribution in [0.15, 0.2) is 15.0 Å². The van der Waals surface area contributed by atoms with Gasteiger partial charge in [0.25, 0.3) is 5.91 Å². The van der Waals surface area contributed by atoms with Crippen molar-refractivity contribution in [2.45, 2.75) is 35.7 Å². The number of carboxylic acids is 1. The van der Waals surface area contributed by atoms with Gasteiger partial charge in [-0.2, -0.15) is 9.36 Å². The molecule has 2 fully saturated rings. The SMILES string of the molecule is CC(C)ON=C(C(=O)NC1C(=O)N2CC(CSc3nncs3)(C(=O)O)CS[C@H]12)c1nsc(N)n1. The predicted molar refractivity (Wildman–Crippen MR) is 128 cm³/mol. The van der Waals surface area contributed by atoms with E-state index in [1.165, 1.54) is 39.8 Å². The van der Waals surface area contributed by atoms with Crippen molar-refractivity contribution < 1.29 is 24.3 Å². The third-order valence-electron chi connectivity index (χ3n) is 4.92. The Labute approximate surface area is 210 Å². The smallest absolute Gasteiger partial charge is 0.313 e. The first-order valence-corrected chi connectivity index (χ1v) is 13.6. The Morgan fingerprint density at radius 2 is 2.29 bits per heavy atom. The minimum Gasteiger partial charge on any atom is -0.481 e. The highest BCUT2D eigenvalue weighted by molar-refractivity contribution is 8.01. The number of β-lactam (4-membered cyclic amide) rings is 1. The first-order chi connectivity index (χ1) is 16.2. The van der Waals surface area contributed by atoms with Crippen molar-refractivity contribution in [1.29, 1.82) is 0 Å². The van der Waals surface area contributed by atoms with E-state index in [1.807, 2.05) is 0 Å². The predicted octanol–water partition coefficient (Wildman–Crippen LogP) is 0.364. The molecule has 2 aromatic heterocycles. The van der Waals surface area contributed by atoms with Gasteiger partial charge in [0.2, 0.25) is 17.4 Å². The van der Waals surface area contributed by atoms with Crippen molar-refractivity contribution in [3.05, 3.63) is 11.3 Å². The zero-order valence-corrected chi connectivity index (χ0v) is 21.2. The molecule has 4 heterocycles. The molecule has 0 spiro atoms. The number of oxime groups is 1. The van der Waals surface area contributed by atoms with E-state index in [0.29, 0.717) is 4.34 Å². The van der Waals surface area contributed by atoms with E-state index >= 15 is 0 Å². The minimum atomic E-state index is -1.14. The molecule has 0 saturated carbocycles. The van der Waals surface area contributed by atoms with Crippen LogP contribution in [0.3, 0.4) is 0 Å². The summed E-state index contributed by atoms with van der Waals surface area (Å²) in [6.07, 6.45) is -0.296. The Bertz CT molecular complexity index is 1110. The number of aliphatic carboxylic acids is 1. The van der Waals surface area contributed by atoms with Crippen LogP contribution in [0.4, 0.5) is 5.13 Å². The van der Waals surface area contributed by atoms with Crippen LogP contribution in [0, 0.1) is 5.41 Å². The molecule has 2 aliphatic heterocycles. The standard InChI is InChI=1S/C17H20N8O5S4/c1-7(2)30-23-8(10-21-15(18)34-24-10)11(26)20-9-12(27)25-3-17(14(28)29,4-31-13(9)25)5-32-16-22-19-6-33-16/h6-7,9,13H,3-5H2,1-2H3,(H,20,26)(H,28,29)(H2,18,21,24)/t9?,13-,17?/m1/s1. The number of nitrogen functional groups attached to an aromatic ring is 1. The number of hydrogen-bond donors (Lipinski definition) is 3. The Balaban J connectivity index is 1.43. The van der Waals surface area contributed by atoms with Crippen LogP contribution in [0.2, 0.25) is 0 Å². The number of amides is 2. The van der Waals surface area contributed by atoms with Gasteiger partial charge in [-0.3, -0.25) is 14.4 Å². The maximum atomic E-state index is 12.9. The number of thioether (sulfide) groups is 2. The molecule has 0 aromatic carbocycles. The Hall–Kier alpha value is -2.50. The molecule has 4 rings (SSSR count). The summed E-state index contributed by atoms with van der Waals surface area (Å²) in [5, 5.41) is 23.9. The monoisotopic (exact) mass is 544 g/mol. The molecule has 0 radical (unpaired) electrons. The van der Waals surface area contributed by atoms with Crippen LogP contribution < -0.4 is 11.1 Å². The number of nitrogens with one attached hydrogen (secondary N) is 1. The third kappa shape index (κ3) is 4.96. The van der Waals surface area contributed by atoms with Crippen molar-refractivity contribution >= 4 is 75.0 Å². The molecule has 17 heteroatoms. The van der Waals surface area contributed by atoms with Crippen molar-refractivity contribution in [2.75, 3.05) is 23.8 Å². The highest BCUT2D eigenvalue weighted by Gasteiger charge is 2.57. The van der Waals surface area contributed by atoms with Crippen LogP contribution >= 0.6 is 46.4 Å². The second kappa shape index (κ2) is 10.0. The van der Waals surface area contributed by atoms with Gasteiger partial charge in [0.1, 0.15) is 28.4 Å². The molecule has 0 bridgehead atoms. The number of nitrogens with zero attached hydrogens (tertiary/aromatic N) is 6. The summed E-state index contributed by atoms with van der Waals surface area (Å²) in [5.41, 5.74) is 5.87. The zero-order valence-electron chi connectivity index (χ0n) is 17.9. The fourth-order valence-corrected chi connectivity index (χ4v) is 7.00. The van der Waals surface area contributed by atoms with Gasteiger partial charge >= 0.3 is 5.97 Å². The molecule has 4 N–H and O–H groups in total. The molecule has 34 heavy (non-hydrogen) atoms. The fourth-order valence-electron chi connectivity index (χ4n) is 3.21. The van der Waals surface area contributed by atoms with Crippen molar-refractivity contribution in [3.63, 3.8) is 0 Å². The highest BCUT2D eigenvalue weighted by atomic mass is 32.2. The lowest BCUT2D eigenvalue weighted by Gasteiger charge is -2.53. The van der Waals surface area contributed by atoms with Crippen LogP contribution in [0.5, 0.6) is 0 Å². The van der Waals surface area contributed by atoms with E-state index < -0.39 is 28.7 Å². The van der Waals surface area contributed by atoms with Crippen LogP contribution in [0.25, 0.3) is 0 Å². The molecule has 13 nitrogen and oxygen atoms in total. The number of hydrogen-bond acceptors (Lipinski definition) is 14. The van der Waals surface area contributed by atoms with E-state index in [9.17, 15) is 19.5 Å². The first-order valence-electron chi connectivity index (χ1n) is 9.89. The Morgan fingerprint density at radius 1 is 1.50 bits per heavy atom. The van der Waals surface area contributed by atoms with E-state index in [0.717, 1.165) is 11.5 Å². The summed E-state index contributed by atoms with van der Waals surface area (Å²) in [6, 6.07) is -0.833. The molecule has 2 aliphatic rings. The average molecular weight is 545 g/mol. The number of fused-ring (bicyclic) bond motifs is 1. The quantitative estimate of drug-likeness (QED) is 0.171. The number of aromatic nitrogens is 4. The van der Waals surface area contributed by atoms with Gasteiger partial charge in [0.15, 0.2) is 9.47 Å². The van der Waals surface area contributed by atoms with Crippen LogP contribution in [0.1, 0.15) is 19.7 Å². The number of nitrogens with two attached hydrogens (primary N) is 1. The number of anilines is 1. The lowest BCUT2D eigenvalue weighted by atomic mass is 9.89. The fraction of sp³-hybridized carbons (Fsp3) is 0.529. The molecular weight excluding hydrogens is 525 g/mol. The minimum absolute atomic E-state index is 0.000768. The van der Waals surface area contributed by atoms with Gasteiger partial charge < -0.3 is 25.9 Å². The number of rotatable bonds is 9. The van der Waals surface area contributed by atoms with Crippen LogP contribution in [-0.4, -0.2) is 88.6 Å². The van der Waals surface area contributed by atoms with Gasteiger partial charge in [0.05, 0.1) is 0 Å². The molecular formula is C17H20N8O5S4. The molecule has 2 amide bonds. The van der Waals surface area contributed by atoms with Gasteiger partial charge in [-0.25, -0.2) is 0 Å². The van der Waals surface area contributed by atoms with Crippen molar-refractivity contribution in [3.8, 4) is 0 Å². The van der Waals surface area contributed by atoms with E-state index in [2.05, 4.69) is 30.0 Å². The maximum absolute atomic E-state index is 12.9. The molecule has 2 saturated heterocycles. The summed E-state index contributed by atoms with van der Waals surface area (Å²) < 4.78 is 4.67. The van der Waals surface area contributed by atoms with Crippen molar-refractivity contribution in [1.82, 2.24) is 29.8 Å². The average Bonchev–Trinajstić information content (AvgIpc) is 3.47. The van der Waals surface area contributed by atoms with E-state index in [-0.39, 0.29) is 46.7 Å². The van der Waals surface area contributed by atoms with Gasteiger partial charge in [-0.15, -0.1) is 22.0 Å². The van der Waals surface area contributed by atoms with Gasteiger partial charge in [-0.1, -0.05) is 28.3 Å². The summed E-state index contributed by atoms with van der Waals surface area (Å²) in [6.45, 7) is 3.52.